The van der Waals surface area contributed by atoms with Crippen molar-refractivity contribution in [1.82, 2.24) is 10.6 Å². The molecule has 2 N–H and O–H groups in total. The molecule has 2 rings (SSSR count). The van der Waals surface area contributed by atoms with E-state index >= 15 is 0 Å². The summed E-state index contributed by atoms with van der Waals surface area (Å²) < 4.78 is 0. The van der Waals surface area contributed by atoms with Crippen molar-refractivity contribution in [3.63, 3.8) is 0 Å². The van der Waals surface area contributed by atoms with Gasteiger partial charge in [0.05, 0.1) is 6.54 Å². The van der Waals surface area contributed by atoms with Crippen molar-refractivity contribution in [3.8, 4) is 0 Å². The molecule has 0 aliphatic carbocycles. The number of hydrogen-bond acceptors (Lipinski definition) is 3. The third-order valence-corrected chi connectivity index (χ3v) is 4.59. The average molecular weight is 390 g/mol. The van der Waals surface area contributed by atoms with Crippen LogP contribution < -0.4 is 10.6 Å². The van der Waals surface area contributed by atoms with Crippen LogP contribution in [0.4, 0.5) is 0 Å². The molecule has 154 valence electrons. The van der Waals surface area contributed by atoms with Crippen LogP contribution in [-0.2, 0) is 0 Å². The largest absolute Gasteiger partial charge is 0.355 e. The van der Waals surface area contributed by atoms with Gasteiger partial charge in [-0.15, -0.1) is 0 Å². The van der Waals surface area contributed by atoms with Crippen molar-refractivity contribution in [1.29, 1.82) is 0 Å². The molecule has 1 heterocycles. The van der Waals surface area contributed by atoms with Crippen LogP contribution in [-0.4, -0.2) is 12.4 Å². The van der Waals surface area contributed by atoms with Gasteiger partial charge in [0, 0.05) is 22.7 Å². The Morgan fingerprint density at radius 3 is 2.28 bits per heavy atom. The summed E-state index contributed by atoms with van der Waals surface area (Å²) in [5.74, 6) is 0.780. The molecule has 0 amide bonds. The van der Waals surface area contributed by atoms with Crippen LogP contribution in [0.25, 0.3) is 5.70 Å². The Balaban J connectivity index is 0.00000204. The third-order valence-electron chi connectivity index (χ3n) is 4.59. The van der Waals surface area contributed by atoms with Gasteiger partial charge in [-0.05, 0) is 50.5 Å². The lowest BCUT2D eigenvalue weighted by Crippen LogP contribution is -2.24. The molecular formula is C26H35N3. The number of nitrogens with zero attached hydrogens (tertiary/aromatic N) is 1. The minimum absolute atomic E-state index is 0.617. The molecule has 3 nitrogen and oxygen atoms in total. The SMILES string of the molecule is C=C/C(C)=C(C)\C=C1/CN=C(C(=C)/C(=C\C)NC(=C)c2ccc(C)cc2)N1.CC. The molecular weight excluding hydrogens is 354 g/mol. The lowest BCUT2D eigenvalue weighted by Gasteiger charge is -2.16. The monoisotopic (exact) mass is 389 g/mol. The second-order valence-corrected chi connectivity index (χ2v) is 6.68. The number of rotatable bonds is 7. The van der Waals surface area contributed by atoms with Crippen molar-refractivity contribution < 1.29 is 0 Å². The van der Waals surface area contributed by atoms with Gasteiger partial charge in [-0.1, -0.05) is 75.6 Å². The molecule has 1 aromatic carbocycles. The summed E-state index contributed by atoms with van der Waals surface area (Å²) >= 11 is 0. The van der Waals surface area contributed by atoms with Crippen LogP contribution in [0.3, 0.4) is 0 Å². The predicted octanol–water partition coefficient (Wildman–Crippen LogP) is 6.45. The zero-order chi connectivity index (χ0) is 22.0. The van der Waals surface area contributed by atoms with Gasteiger partial charge in [0.25, 0.3) is 0 Å². The van der Waals surface area contributed by atoms with Gasteiger partial charge in [-0.3, -0.25) is 4.99 Å². The fourth-order valence-corrected chi connectivity index (χ4v) is 2.62. The van der Waals surface area contributed by atoms with E-state index in [-0.39, 0.29) is 0 Å². The molecule has 0 saturated heterocycles. The molecule has 1 aliphatic rings. The highest BCUT2D eigenvalue weighted by Crippen LogP contribution is 2.18. The summed E-state index contributed by atoms with van der Waals surface area (Å²) in [7, 11) is 0. The summed E-state index contributed by atoms with van der Waals surface area (Å²) in [5.41, 5.74) is 8.20. The van der Waals surface area contributed by atoms with E-state index in [2.05, 4.69) is 79.6 Å². The summed E-state index contributed by atoms with van der Waals surface area (Å²) in [6.07, 6.45) is 5.95. The van der Waals surface area contributed by atoms with Crippen molar-refractivity contribution in [3.05, 3.63) is 101 Å². The molecule has 0 atom stereocenters. The Morgan fingerprint density at radius 1 is 1.10 bits per heavy atom. The lowest BCUT2D eigenvalue weighted by atomic mass is 10.1. The Bertz CT molecular complexity index is 875. The van der Waals surface area contributed by atoms with E-state index in [9.17, 15) is 0 Å². The minimum Gasteiger partial charge on any atom is -0.355 e. The van der Waals surface area contributed by atoms with E-state index in [1.807, 2.05) is 39.8 Å². The van der Waals surface area contributed by atoms with Gasteiger partial charge in [-0.25, -0.2) is 0 Å². The molecule has 0 aromatic heterocycles. The van der Waals surface area contributed by atoms with Crippen molar-refractivity contribution >= 4 is 11.5 Å². The number of benzene rings is 1. The molecule has 0 bridgehead atoms. The first-order chi connectivity index (χ1) is 13.8. The zero-order valence-corrected chi connectivity index (χ0v) is 18.8. The van der Waals surface area contributed by atoms with Crippen LogP contribution in [0.15, 0.2) is 95.3 Å². The number of hydrogen-bond donors (Lipinski definition) is 2. The molecule has 0 unspecified atom stereocenters. The number of allylic oxidation sites excluding steroid dienone is 5. The summed E-state index contributed by atoms with van der Waals surface area (Å²) in [4.78, 5) is 4.59. The summed E-state index contributed by atoms with van der Waals surface area (Å²) in [6.45, 7) is 25.0. The second kappa shape index (κ2) is 11.7. The molecule has 0 radical (unpaired) electrons. The van der Waals surface area contributed by atoms with E-state index in [1.54, 1.807) is 0 Å². The Labute approximate surface area is 177 Å². The first-order valence-electron chi connectivity index (χ1n) is 10.1. The van der Waals surface area contributed by atoms with Gasteiger partial charge in [0.2, 0.25) is 0 Å². The van der Waals surface area contributed by atoms with Gasteiger partial charge in [0.15, 0.2) is 0 Å². The van der Waals surface area contributed by atoms with Gasteiger partial charge < -0.3 is 10.6 Å². The Morgan fingerprint density at radius 2 is 1.72 bits per heavy atom. The number of nitrogens with one attached hydrogen (secondary N) is 2. The number of aliphatic imine (C=N–C) groups is 1. The van der Waals surface area contributed by atoms with Crippen LogP contribution in [0.2, 0.25) is 0 Å². The highest BCUT2D eigenvalue weighted by molar-refractivity contribution is 6.04. The predicted molar refractivity (Wildman–Crippen MR) is 130 cm³/mol. The zero-order valence-electron chi connectivity index (χ0n) is 18.8. The first kappa shape index (κ1) is 24.0. The molecule has 1 aromatic rings. The maximum absolute atomic E-state index is 4.59. The van der Waals surface area contributed by atoms with E-state index in [0.29, 0.717) is 6.54 Å². The molecule has 1 aliphatic heterocycles. The standard InChI is InChI=1S/C24H29N3.C2H6/c1-8-17(4)18(5)14-22-15-25-24(27-22)19(6)23(9-2)26-20(7)21-12-10-16(3)11-13-21;1-2/h8-14,26H,1,6-7,15H2,2-5H3,(H,25,27);1-2H3/b18-17-,22-14+,23-9+;. The number of amidine groups is 1. The van der Waals surface area contributed by atoms with E-state index in [4.69, 9.17) is 0 Å². The van der Waals surface area contributed by atoms with Crippen molar-refractivity contribution in [2.45, 2.75) is 41.5 Å². The normalized spacial score (nSPS) is 15.4. The average Bonchev–Trinajstić information content (AvgIpc) is 3.21. The van der Waals surface area contributed by atoms with Gasteiger partial charge in [0.1, 0.15) is 5.84 Å². The molecule has 0 saturated carbocycles. The summed E-state index contributed by atoms with van der Waals surface area (Å²) in [5, 5.41) is 6.73. The van der Waals surface area contributed by atoms with E-state index < -0.39 is 0 Å². The number of aryl methyl sites for hydroxylation is 1. The van der Waals surface area contributed by atoms with Crippen LogP contribution in [0.5, 0.6) is 0 Å². The van der Waals surface area contributed by atoms with Crippen LogP contribution in [0, 0.1) is 6.92 Å². The molecule has 29 heavy (non-hydrogen) atoms. The maximum Gasteiger partial charge on any atom is 0.134 e. The lowest BCUT2D eigenvalue weighted by molar-refractivity contribution is 1.09. The second-order valence-electron chi connectivity index (χ2n) is 6.68. The third kappa shape index (κ3) is 6.79. The van der Waals surface area contributed by atoms with Crippen molar-refractivity contribution in [2.24, 2.45) is 4.99 Å². The molecule has 0 fully saturated rings. The summed E-state index contributed by atoms with van der Waals surface area (Å²) in [6, 6.07) is 8.27. The first-order valence-corrected chi connectivity index (χ1v) is 10.1. The maximum atomic E-state index is 4.59. The van der Waals surface area contributed by atoms with E-state index in [1.165, 1.54) is 11.1 Å². The minimum atomic E-state index is 0.617. The fraction of sp³-hybridized carbons (Fsp3) is 0.269. The highest BCUT2D eigenvalue weighted by atomic mass is 15.1. The highest BCUT2D eigenvalue weighted by Gasteiger charge is 2.17. The van der Waals surface area contributed by atoms with E-state index in [0.717, 1.165) is 39.6 Å². The van der Waals surface area contributed by atoms with Gasteiger partial charge >= 0.3 is 0 Å². The quantitative estimate of drug-likeness (QED) is 0.526. The Hall–Kier alpha value is -3.07. The topological polar surface area (TPSA) is 36.4 Å². The van der Waals surface area contributed by atoms with Crippen LogP contribution in [0.1, 0.15) is 45.7 Å². The smallest absolute Gasteiger partial charge is 0.134 e. The van der Waals surface area contributed by atoms with Gasteiger partial charge in [-0.2, -0.15) is 0 Å². The van der Waals surface area contributed by atoms with Crippen molar-refractivity contribution in [2.75, 3.05) is 6.54 Å². The Kier molecular flexibility index (Phi) is 9.67. The molecule has 3 heteroatoms. The van der Waals surface area contributed by atoms with Crippen LogP contribution >= 0.6 is 0 Å². The molecule has 0 spiro atoms. The fourth-order valence-electron chi connectivity index (χ4n) is 2.62.